The SMILES string of the molecule is O=C(COCc1nc2ccc(F)cc2[nH]1)N1CCCC1c1ccccn1. The van der Waals surface area contributed by atoms with Crippen molar-refractivity contribution in [1.82, 2.24) is 19.9 Å². The normalized spacial score (nSPS) is 17.1. The van der Waals surface area contributed by atoms with Gasteiger partial charge in [0.2, 0.25) is 5.91 Å². The van der Waals surface area contributed by atoms with Gasteiger partial charge in [-0.25, -0.2) is 9.37 Å². The molecule has 26 heavy (non-hydrogen) atoms. The maximum absolute atomic E-state index is 13.2. The number of hydrogen-bond acceptors (Lipinski definition) is 4. The van der Waals surface area contributed by atoms with E-state index in [1.165, 1.54) is 12.1 Å². The molecule has 1 aromatic carbocycles. The molecular weight excluding hydrogens is 335 g/mol. The highest BCUT2D eigenvalue weighted by Gasteiger charge is 2.30. The van der Waals surface area contributed by atoms with Gasteiger partial charge in [-0.2, -0.15) is 0 Å². The summed E-state index contributed by atoms with van der Waals surface area (Å²) in [5.74, 6) is 0.194. The topological polar surface area (TPSA) is 71.1 Å². The molecular formula is C19H19FN4O2. The third-order valence-corrected chi connectivity index (χ3v) is 4.56. The van der Waals surface area contributed by atoms with E-state index in [0.717, 1.165) is 18.5 Å². The van der Waals surface area contributed by atoms with E-state index >= 15 is 0 Å². The number of nitrogens with zero attached hydrogens (tertiary/aromatic N) is 3. The van der Waals surface area contributed by atoms with Crippen molar-refractivity contribution in [2.24, 2.45) is 0 Å². The Morgan fingerprint density at radius 1 is 1.35 bits per heavy atom. The number of aromatic amines is 1. The Labute approximate surface area is 150 Å². The summed E-state index contributed by atoms with van der Waals surface area (Å²) in [6.07, 6.45) is 3.62. The molecule has 0 aliphatic carbocycles. The first-order valence-electron chi connectivity index (χ1n) is 8.63. The van der Waals surface area contributed by atoms with Gasteiger partial charge >= 0.3 is 0 Å². The largest absolute Gasteiger partial charge is 0.364 e. The highest BCUT2D eigenvalue weighted by atomic mass is 19.1. The van der Waals surface area contributed by atoms with Crippen molar-refractivity contribution in [2.45, 2.75) is 25.5 Å². The molecule has 7 heteroatoms. The van der Waals surface area contributed by atoms with Gasteiger partial charge in [-0.1, -0.05) is 6.07 Å². The Morgan fingerprint density at radius 3 is 3.12 bits per heavy atom. The van der Waals surface area contributed by atoms with Crippen LogP contribution in [0.2, 0.25) is 0 Å². The number of benzene rings is 1. The predicted molar refractivity (Wildman–Crippen MR) is 93.6 cm³/mol. The lowest BCUT2D eigenvalue weighted by Crippen LogP contribution is -2.33. The second-order valence-corrected chi connectivity index (χ2v) is 6.34. The van der Waals surface area contributed by atoms with Crippen LogP contribution in [0.3, 0.4) is 0 Å². The Bertz CT molecular complexity index is 912. The molecule has 0 radical (unpaired) electrons. The Morgan fingerprint density at radius 2 is 2.27 bits per heavy atom. The van der Waals surface area contributed by atoms with Crippen LogP contribution in [0.5, 0.6) is 0 Å². The second kappa shape index (κ2) is 7.21. The summed E-state index contributed by atoms with van der Waals surface area (Å²) >= 11 is 0. The van der Waals surface area contributed by atoms with Crippen LogP contribution in [0.4, 0.5) is 4.39 Å². The summed E-state index contributed by atoms with van der Waals surface area (Å²) in [5, 5.41) is 0. The minimum atomic E-state index is -0.321. The molecule has 0 bridgehead atoms. The monoisotopic (exact) mass is 354 g/mol. The average Bonchev–Trinajstić information content (AvgIpc) is 3.28. The molecule has 2 aromatic heterocycles. The molecule has 0 spiro atoms. The van der Waals surface area contributed by atoms with Crippen molar-refractivity contribution in [1.29, 1.82) is 0 Å². The van der Waals surface area contributed by atoms with Gasteiger partial charge < -0.3 is 14.6 Å². The molecule has 4 rings (SSSR count). The summed E-state index contributed by atoms with van der Waals surface area (Å²) in [5.41, 5.74) is 2.20. The number of imidazole rings is 1. The lowest BCUT2D eigenvalue weighted by atomic mass is 10.1. The first kappa shape index (κ1) is 16.7. The summed E-state index contributed by atoms with van der Waals surface area (Å²) in [7, 11) is 0. The number of nitrogens with one attached hydrogen (secondary N) is 1. The Kier molecular flexibility index (Phi) is 4.62. The summed E-state index contributed by atoms with van der Waals surface area (Å²) in [6, 6.07) is 10.1. The van der Waals surface area contributed by atoms with Crippen molar-refractivity contribution in [2.75, 3.05) is 13.2 Å². The highest BCUT2D eigenvalue weighted by molar-refractivity contribution is 5.78. The number of H-pyrrole nitrogens is 1. The number of carbonyl (C=O) groups excluding carboxylic acids is 1. The van der Waals surface area contributed by atoms with Crippen LogP contribution in [-0.2, 0) is 16.1 Å². The number of amides is 1. The van der Waals surface area contributed by atoms with Crippen LogP contribution in [0.15, 0.2) is 42.6 Å². The number of ether oxygens (including phenoxy) is 1. The van der Waals surface area contributed by atoms with E-state index in [2.05, 4.69) is 15.0 Å². The third-order valence-electron chi connectivity index (χ3n) is 4.56. The number of pyridine rings is 1. The first-order valence-corrected chi connectivity index (χ1v) is 8.63. The van der Waals surface area contributed by atoms with Crippen LogP contribution in [-0.4, -0.2) is 38.9 Å². The quantitative estimate of drug-likeness (QED) is 0.765. The van der Waals surface area contributed by atoms with E-state index in [1.54, 1.807) is 12.3 Å². The van der Waals surface area contributed by atoms with Crippen molar-refractivity contribution < 1.29 is 13.9 Å². The molecule has 134 valence electrons. The molecule has 1 N–H and O–H groups in total. The molecule has 3 aromatic rings. The fourth-order valence-corrected chi connectivity index (χ4v) is 3.37. The number of aromatic nitrogens is 3. The number of halogens is 1. The molecule has 0 saturated carbocycles. The standard InChI is InChI=1S/C19H19FN4O2/c20-13-6-7-14-16(10-13)23-18(22-14)11-26-12-19(25)24-9-3-5-17(24)15-4-1-2-8-21-15/h1-2,4,6-8,10,17H,3,5,9,11-12H2,(H,22,23). The molecule has 6 nitrogen and oxygen atoms in total. The number of fused-ring (bicyclic) bond motifs is 1. The average molecular weight is 354 g/mol. The van der Waals surface area contributed by atoms with Gasteiger partial charge in [0.1, 0.15) is 24.9 Å². The van der Waals surface area contributed by atoms with E-state index < -0.39 is 0 Å². The smallest absolute Gasteiger partial charge is 0.249 e. The number of likely N-dealkylation sites (tertiary alicyclic amines) is 1. The van der Waals surface area contributed by atoms with Crippen LogP contribution >= 0.6 is 0 Å². The van der Waals surface area contributed by atoms with Crippen molar-refractivity contribution in [3.63, 3.8) is 0 Å². The Hall–Kier alpha value is -2.80. The minimum Gasteiger partial charge on any atom is -0.364 e. The molecule has 3 heterocycles. The van der Waals surface area contributed by atoms with Crippen molar-refractivity contribution in [3.8, 4) is 0 Å². The third kappa shape index (κ3) is 3.43. The van der Waals surface area contributed by atoms with Gasteiger partial charge in [0, 0.05) is 12.7 Å². The minimum absolute atomic E-state index is 0.0153. The fraction of sp³-hybridized carbons (Fsp3) is 0.316. The molecule has 1 amide bonds. The molecule has 1 aliphatic heterocycles. The number of rotatable bonds is 5. The van der Waals surface area contributed by atoms with Crippen molar-refractivity contribution in [3.05, 3.63) is 59.9 Å². The molecule has 1 saturated heterocycles. The van der Waals surface area contributed by atoms with Crippen LogP contribution in [0.25, 0.3) is 11.0 Å². The van der Waals surface area contributed by atoms with E-state index in [9.17, 15) is 9.18 Å². The van der Waals surface area contributed by atoms with Crippen LogP contribution in [0.1, 0.15) is 30.4 Å². The van der Waals surface area contributed by atoms with Gasteiger partial charge in [0.15, 0.2) is 0 Å². The summed E-state index contributed by atoms with van der Waals surface area (Å²) in [6.45, 7) is 0.867. The number of carbonyl (C=O) groups is 1. The highest BCUT2D eigenvalue weighted by Crippen LogP contribution is 2.30. The Balaban J connectivity index is 1.35. The lowest BCUT2D eigenvalue weighted by Gasteiger charge is -2.24. The van der Waals surface area contributed by atoms with E-state index in [0.29, 0.717) is 23.4 Å². The zero-order valence-electron chi connectivity index (χ0n) is 14.2. The van der Waals surface area contributed by atoms with Crippen molar-refractivity contribution >= 4 is 16.9 Å². The van der Waals surface area contributed by atoms with Crippen LogP contribution < -0.4 is 0 Å². The summed E-state index contributed by atoms with van der Waals surface area (Å²) in [4.78, 5) is 26.1. The molecule has 1 fully saturated rings. The van der Waals surface area contributed by atoms with Crippen LogP contribution in [0, 0.1) is 5.82 Å². The zero-order valence-corrected chi connectivity index (χ0v) is 14.2. The lowest BCUT2D eigenvalue weighted by molar-refractivity contribution is -0.137. The van der Waals surface area contributed by atoms with E-state index in [1.807, 2.05) is 23.1 Å². The fourth-order valence-electron chi connectivity index (χ4n) is 3.37. The maximum Gasteiger partial charge on any atom is 0.249 e. The second-order valence-electron chi connectivity index (χ2n) is 6.34. The summed E-state index contributed by atoms with van der Waals surface area (Å²) < 4.78 is 18.8. The maximum atomic E-state index is 13.2. The number of hydrogen-bond donors (Lipinski definition) is 1. The predicted octanol–water partition coefficient (Wildman–Crippen LogP) is 2.98. The first-order chi connectivity index (χ1) is 12.7. The van der Waals surface area contributed by atoms with Gasteiger partial charge in [-0.15, -0.1) is 0 Å². The van der Waals surface area contributed by atoms with E-state index in [-0.39, 0.29) is 31.0 Å². The van der Waals surface area contributed by atoms with Gasteiger partial charge in [-0.05, 0) is 43.2 Å². The molecule has 1 atom stereocenters. The van der Waals surface area contributed by atoms with Gasteiger partial charge in [0.05, 0.1) is 22.8 Å². The van der Waals surface area contributed by atoms with Gasteiger partial charge in [-0.3, -0.25) is 9.78 Å². The van der Waals surface area contributed by atoms with E-state index in [4.69, 9.17) is 4.74 Å². The molecule has 1 unspecified atom stereocenters. The molecule has 1 aliphatic rings. The van der Waals surface area contributed by atoms with Gasteiger partial charge in [0.25, 0.3) is 0 Å². The zero-order chi connectivity index (χ0) is 17.9.